The molecule has 1 heterocycles. The minimum atomic E-state index is -0.978. The topological polar surface area (TPSA) is 55.1 Å². The van der Waals surface area contributed by atoms with Crippen LogP contribution in [0, 0.1) is 6.92 Å². The van der Waals surface area contributed by atoms with Gasteiger partial charge in [0.05, 0.1) is 23.1 Å². The zero-order valence-corrected chi connectivity index (χ0v) is 13.2. The molecule has 2 aromatic carbocycles. The lowest BCUT2D eigenvalue weighted by Crippen LogP contribution is -2.06. The number of carbonyl (C=O) groups is 1. The molecule has 0 aliphatic rings. The van der Waals surface area contributed by atoms with Crippen molar-refractivity contribution in [3.63, 3.8) is 0 Å². The lowest BCUT2D eigenvalue weighted by Gasteiger charge is -2.10. The second-order valence-corrected chi connectivity index (χ2v) is 5.80. The quantitative estimate of drug-likeness (QED) is 0.772. The van der Waals surface area contributed by atoms with Crippen LogP contribution in [0.4, 0.5) is 0 Å². The van der Waals surface area contributed by atoms with Gasteiger partial charge in [0.1, 0.15) is 5.82 Å². The van der Waals surface area contributed by atoms with E-state index in [4.69, 9.17) is 23.2 Å². The van der Waals surface area contributed by atoms with Crippen molar-refractivity contribution in [2.45, 2.75) is 13.5 Å². The van der Waals surface area contributed by atoms with Gasteiger partial charge in [0.15, 0.2) is 0 Å². The van der Waals surface area contributed by atoms with Gasteiger partial charge in [0.2, 0.25) is 0 Å². The molecule has 112 valence electrons. The second kappa shape index (κ2) is 5.63. The van der Waals surface area contributed by atoms with Crippen LogP contribution in [0.1, 0.15) is 21.7 Å². The second-order valence-electron chi connectivity index (χ2n) is 4.96. The number of aromatic nitrogens is 2. The van der Waals surface area contributed by atoms with E-state index in [-0.39, 0.29) is 5.56 Å². The summed E-state index contributed by atoms with van der Waals surface area (Å²) in [5.41, 5.74) is 2.33. The highest BCUT2D eigenvalue weighted by molar-refractivity contribution is 6.35. The fourth-order valence-electron chi connectivity index (χ4n) is 2.49. The summed E-state index contributed by atoms with van der Waals surface area (Å²) < 4.78 is 1.86. The molecule has 0 aliphatic heterocycles. The number of para-hydroxylation sites is 1. The van der Waals surface area contributed by atoms with Crippen molar-refractivity contribution in [2.24, 2.45) is 0 Å². The van der Waals surface area contributed by atoms with E-state index < -0.39 is 5.97 Å². The monoisotopic (exact) mass is 334 g/mol. The molecule has 0 unspecified atom stereocenters. The molecule has 22 heavy (non-hydrogen) atoms. The summed E-state index contributed by atoms with van der Waals surface area (Å²) in [4.78, 5) is 15.9. The predicted molar refractivity (Wildman–Crippen MR) is 87.0 cm³/mol. The van der Waals surface area contributed by atoms with Gasteiger partial charge in [0.25, 0.3) is 0 Å². The molecule has 0 fully saturated rings. The number of carboxylic acid groups (broad SMARTS) is 1. The summed E-state index contributed by atoms with van der Waals surface area (Å²) in [6, 6.07) is 10.3. The highest BCUT2D eigenvalue weighted by atomic mass is 35.5. The van der Waals surface area contributed by atoms with Crippen LogP contribution in [0.2, 0.25) is 10.0 Å². The SMILES string of the molecule is Cc1nc2cccc(C(=O)O)c2n1Cc1ccc(Cl)cc1Cl. The first-order chi connectivity index (χ1) is 10.5. The molecule has 0 spiro atoms. The Morgan fingerprint density at radius 3 is 2.73 bits per heavy atom. The number of rotatable bonds is 3. The van der Waals surface area contributed by atoms with Gasteiger partial charge >= 0.3 is 5.97 Å². The van der Waals surface area contributed by atoms with Crippen molar-refractivity contribution < 1.29 is 9.90 Å². The van der Waals surface area contributed by atoms with Crippen LogP contribution in [0.3, 0.4) is 0 Å². The van der Waals surface area contributed by atoms with E-state index in [0.29, 0.717) is 27.6 Å². The van der Waals surface area contributed by atoms with Gasteiger partial charge in [-0.05, 0) is 36.8 Å². The number of hydrogen-bond donors (Lipinski definition) is 1. The molecule has 1 aromatic heterocycles. The van der Waals surface area contributed by atoms with Gasteiger partial charge in [-0.1, -0.05) is 35.3 Å². The zero-order chi connectivity index (χ0) is 15.9. The summed E-state index contributed by atoms with van der Waals surface area (Å²) in [5.74, 6) is -0.247. The van der Waals surface area contributed by atoms with Crippen molar-refractivity contribution in [3.05, 3.63) is 63.4 Å². The van der Waals surface area contributed by atoms with Gasteiger partial charge in [-0.3, -0.25) is 0 Å². The van der Waals surface area contributed by atoms with Crippen LogP contribution < -0.4 is 0 Å². The van der Waals surface area contributed by atoms with Crippen molar-refractivity contribution in [1.82, 2.24) is 9.55 Å². The number of aryl methyl sites for hydroxylation is 1. The average Bonchev–Trinajstić information content (AvgIpc) is 2.77. The zero-order valence-electron chi connectivity index (χ0n) is 11.7. The molecule has 1 N–H and O–H groups in total. The van der Waals surface area contributed by atoms with E-state index in [9.17, 15) is 9.90 Å². The van der Waals surface area contributed by atoms with Gasteiger partial charge < -0.3 is 9.67 Å². The number of nitrogens with zero attached hydrogens (tertiary/aromatic N) is 2. The fraction of sp³-hybridized carbons (Fsp3) is 0.125. The summed E-state index contributed by atoms with van der Waals surface area (Å²) >= 11 is 12.1. The Labute approximate surface area is 136 Å². The van der Waals surface area contributed by atoms with Crippen molar-refractivity contribution >= 4 is 40.2 Å². The van der Waals surface area contributed by atoms with E-state index >= 15 is 0 Å². The first-order valence-electron chi connectivity index (χ1n) is 6.60. The molecule has 0 atom stereocenters. The highest BCUT2D eigenvalue weighted by Crippen LogP contribution is 2.26. The van der Waals surface area contributed by atoms with Gasteiger partial charge in [-0.15, -0.1) is 0 Å². The minimum absolute atomic E-state index is 0.225. The van der Waals surface area contributed by atoms with Crippen LogP contribution in [0.15, 0.2) is 36.4 Å². The van der Waals surface area contributed by atoms with Gasteiger partial charge in [-0.2, -0.15) is 0 Å². The lowest BCUT2D eigenvalue weighted by molar-refractivity contribution is 0.0698. The maximum absolute atomic E-state index is 11.5. The Morgan fingerprint density at radius 1 is 1.27 bits per heavy atom. The van der Waals surface area contributed by atoms with Crippen molar-refractivity contribution in [3.8, 4) is 0 Å². The van der Waals surface area contributed by atoms with Crippen LogP contribution >= 0.6 is 23.2 Å². The normalized spacial score (nSPS) is 11.0. The van der Waals surface area contributed by atoms with Crippen molar-refractivity contribution in [2.75, 3.05) is 0 Å². The average molecular weight is 335 g/mol. The number of fused-ring (bicyclic) bond motifs is 1. The van der Waals surface area contributed by atoms with E-state index in [1.807, 2.05) is 17.6 Å². The van der Waals surface area contributed by atoms with Gasteiger partial charge in [-0.25, -0.2) is 9.78 Å². The summed E-state index contributed by atoms with van der Waals surface area (Å²) in [6.07, 6.45) is 0. The fourth-order valence-corrected chi connectivity index (χ4v) is 2.96. The number of benzene rings is 2. The van der Waals surface area contributed by atoms with Crippen molar-refractivity contribution in [1.29, 1.82) is 0 Å². The number of imidazole rings is 1. The Kier molecular flexibility index (Phi) is 3.81. The third-order valence-electron chi connectivity index (χ3n) is 3.53. The maximum atomic E-state index is 11.5. The minimum Gasteiger partial charge on any atom is -0.478 e. The summed E-state index contributed by atoms with van der Waals surface area (Å²) in [5, 5.41) is 10.5. The molecular formula is C16H12Cl2N2O2. The molecule has 0 radical (unpaired) electrons. The molecular weight excluding hydrogens is 323 g/mol. The predicted octanol–water partition coefficient (Wildman–Crippen LogP) is 4.40. The third-order valence-corrected chi connectivity index (χ3v) is 4.12. The van der Waals surface area contributed by atoms with Crippen LogP contribution in [-0.4, -0.2) is 20.6 Å². The number of hydrogen-bond acceptors (Lipinski definition) is 2. The molecule has 0 saturated carbocycles. The Morgan fingerprint density at radius 2 is 2.05 bits per heavy atom. The van der Waals surface area contributed by atoms with Gasteiger partial charge in [0, 0.05) is 10.0 Å². The van der Waals surface area contributed by atoms with E-state index in [0.717, 1.165) is 11.4 Å². The van der Waals surface area contributed by atoms with Crippen LogP contribution in [0.25, 0.3) is 11.0 Å². The summed E-state index contributed by atoms with van der Waals surface area (Å²) in [7, 11) is 0. The maximum Gasteiger partial charge on any atom is 0.337 e. The molecule has 0 bridgehead atoms. The number of aromatic carboxylic acids is 1. The Balaban J connectivity index is 2.18. The van der Waals surface area contributed by atoms with E-state index in [2.05, 4.69) is 4.98 Å². The van der Waals surface area contributed by atoms with E-state index in [1.54, 1.807) is 30.3 Å². The molecule has 0 saturated heterocycles. The smallest absolute Gasteiger partial charge is 0.337 e. The first-order valence-corrected chi connectivity index (χ1v) is 7.36. The lowest BCUT2D eigenvalue weighted by atomic mass is 10.1. The van der Waals surface area contributed by atoms with E-state index in [1.165, 1.54) is 0 Å². The summed E-state index contributed by atoms with van der Waals surface area (Å²) in [6.45, 7) is 2.28. The molecule has 0 amide bonds. The van der Waals surface area contributed by atoms with Crippen LogP contribution in [0.5, 0.6) is 0 Å². The highest BCUT2D eigenvalue weighted by Gasteiger charge is 2.16. The largest absolute Gasteiger partial charge is 0.478 e. The molecule has 6 heteroatoms. The third kappa shape index (κ3) is 2.56. The van der Waals surface area contributed by atoms with Crippen LogP contribution in [-0.2, 0) is 6.54 Å². The molecule has 3 rings (SSSR count). The Bertz CT molecular complexity index is 887. The molecule has 3 aromatic rings. The Hall–Kier alpha value is -2.04. The number of halogens is 2. The number of carboxylic acids is 1. The standard InChI is InChI=1S/C16H12Cl2N2O2/c1-9-19-14-4-2-3-12(16(21)22)15(14)20(9)8-10-5-6-11(17)7-13(10)18/h2-7H,8H2,1H3,(H,21,22). The molecule has 4 nitrogen and oxygen atoms in total. The molecule has 0 aliphatic carbocycles. The first kappa shape index (κ1) is 14.9.